The Bertz CT molecular complexity index is 949. The molecule has 4 nitrogen and oxygen atoms in total. The van der Waals surface area contributed by atoms with Gasteiger partial charge in [0, 0.05) is 18.4 Å². The summed E-state index contributed by atoms with van der Waals surface area (Å²) in [5.74, 6) is -0.156. The highest BCUT2D eigenvalue weighted by atomic mass is 19.1. The van der Waals surface area contributed by atoms with Gasteiger partial charge in [-0.2, -0.15) is 4.98 Å². The number of benzene rings is 2. The van der Waals surface area contributed by atoms with E-state index in [4.69, 9.17) is 4.42 Å². The van der Waals surface area contributed by atoms with E-state index in [0.29, 0.717) is 23.3 Å². The molecule has 118 valence electrons. The molecule has 0 fully saturated rings. The van der Waals surface area contributed by atoms with Crippen molar-refractivity contribution < 1.29 is 8.81 Å². The molecule has 0 aliphatic heterocycles. The summed E-state index contributed by atoms with van der Waals surface area (Å²) in [6, 6.07) is 18.3. The van der Waals surface area contributed by atoms with E-state index in [1.54, 1.807) is 30.5 Å². The number of hydrogen-bond donors (Lipinski definition) is 1. The predicted octanol–water partition coefficient (Wildman–Crippen LogP) is 4.64. The van der Waals surface area contributed by atoms with Gasteiger partial charge >= 0.3 is 0 Å². The molecule has 0 spiro atoms. The Balaban J connectivity index is 1.63. The van der Waals surface area contributed by atoms with Gasteiger partial charge in [-0.15, -0.1) is 0 Å². The zero-order valence-electron chi connectivity index (χ0n) is 12.7. The summed E-state index contributed by atoms with van der Waals surface area (Å²) >= 11 is 0. The normalized spacial score (nSPS) is 10.9. The molecule has 4 aromatic rings. The van der Waals surface area contributed by atoms with Gasteiger partial charge in [0.2, 0.25) is 5.89 Å². The summed E-state index contributed by atoms with van der Waals surface area (Å²) in [5.41, 5.74) is 3.26. The lowest BCUT2D eigenvalue weighted by Crippen LogP contribution is -1.99. The molecule has 0 atom stereocenters. The van der Waals surface area contributed by atoms with E-state index in [1.165, 1.54) is 6.07 Å². The summed E-state index contributed by atoms with van der Waals surface area (Å²) in [6.07, 6.45) is 1.63. The van der Waals surface area contributed by atoms with E-state index in [2.05, 4.69) is 15.3 Å². The molecule has 5 heteroatoms. The molecule has 1 N–H and O–H groups in total. The number of nitrogens with one attached hydrogen (secondary N) is 1. The maximum atomic E-state index is 14.2. The Morgan fingerprint density at radius 1 is 1.00 bits per heavy atom. The molecule has 0 aliphatic carbocycles. The maximum absolute atomic E-state index is 14.2. The quantitative estimate of drug-likeness (QED) is 0.595. The van der Waals surface area contributed by atoms with E-state index >= 15 is 0 Å². The van der Waals surface area contributed by atoms with Crippen molar-refractivity contribution in [3.8, 4) is 11.5 Å². The van der Waals surface area contributed by atoms with Crippen molar-refractivity contribution in [2.24, 2.45) is 0 Å². The van der Waals surface area contributed by atoms with Crippen molar-refractivity contribution in [1.82, 2.24) is 9.97 Å². The second-order valence-corrected chi connectivity index (χ2v) is 5.38. The van der Waals surface area contributed by atoms with Crippen LogP contribution in [0, 0.1) is 5.82 Å². The van der Waals surface area contributed by atoms with Gasteiger partial charge in [-0.25, -0.2) is 9.37 Å². The lowest BCUT2D eigenvalue weighted by molar-refractivity contribution is 0.593. The summed E-state index contributed by atoms with van der Waals surface area (Å²) in [4.78, 5) is 8.37. The van der Waals surface area contributed by atoms with Gasteiger partial charge in [-0.1, -0.05) is 30.3 Å². The van der Waals surface area contributed by atoms with Crippen LogP contribution in [0.4, 0.5) is 10.1 Å². The highest BCUT2D eigenvalue weighted by molar-refractivity contribution is 5.73. The minimum Gasteiger partial charge on any atom is -0.434 e. The van der Waals surface area contributed by atoms with Crippen molar-refractivity contribution in [3.05, 3.63) is 78.2 Å². The molecule has 24 heavy (non-hydrogen) atoms. The van der Waals surface area contributed by atoms with E-state index in [9.17, 15) is 4.39 Å². The van der Waals surface area contributed by atoms with Crippen molar-refractivity contribution in [3.63, 3.8) is 0 Å². The third-order valence-corrected chi connectivity index (χ3v) is 3.70. The molecule has 2 heterocycles. The summed E-state index contributed by atoms with van der Waals surface area (Å²) in [5, 5.41) is 3.28. The van der Waals surface area contributed by atoms with Crippen LogP contribution in [0.15, 0.2) is 71.3 Å². The van der Waals surface area contributed by atoms with Gasteiger partial charge in [0.15, 0.2) is 11.2 Å². The molecule has 2 aromatic carbocycles. The lowest BCUT2D eigenvalue weighted by Gasteiger charge is -2.08. The smallest absolute Gasteiger partial charge is 0.231 e. The van der Waals surface area contributed by atoms with Crippen molar-refractivity contribution in [1.29, 1.82) is 0 Å². The minimum absolute atomic E-state index is 0.226. The first-order chi connectivity index (χ1) is 11.8. The fourth-order valence-corrected chi connectivity index (χ4v) is 2.48. The first kappa shape index (κ1) is 14.4. The standard InChI is InChI=1S/C19H14FN3O/c20-16-9-8-14(22-12-13-5-2-1-3-6-13)11-15(16)19-23-18-17(24-19)7-4-10-21-18/h1-11,22H,12H2. The van der Waals surface area contributed by atoms with Crippen LogP contribution in [-0.4, -0.2) is 9.97 Å². The monoisotopic (exact) mass is 319 g/mol. The minimum atomic E-state index is -0.383. The lowest BCUT2D eigenvalue weighted by atomic mass is 10.1. The fraction of sp³-hybridized carbons (Fsp3) is 0.0526. The van der Waals surface area contributed by atoms with E-state index in [1.807, 2.05) is 30.3 Å². The second-order valence-electron chi connectivity index (χ2n) is 5.38. The molecular formula is C19H14FN3O. The van der Waals surface area contributed by atoms with Crippen LogP contribution in [-0.2, 0) is 6.54 Å². The summed E-state index contributed by atoms with van der Waals surface area (Å²) in [6.45, 7) is 0.654. The van der Waals surface area contributed by atoms with Crippen LogP contribution >= 0.6 is 0 Å². The number of anilines is 1. The van der Waals surface area contributed by atoms with Crippen molar-refractivity contribution in [2.75, 3.05) is 5.32 Å². The highest BCUT2D eigenvalue weighted by Gasteiger charge is 2.14. The maximum Gasteiger partial charge on any atom is 0.231 e. The number of fused-ring (bicyclic) bond motifs is 1. The Morgan fingerprint density at radius 3 is 2.71 bits per heavy atom. The molecule has 2 aromatic heterocycles. The molecular weight excluding hydrogens is 305 g/mol. The van der Waals surface area contributed by atoms with Gasteiger partial charge in [-0.05, 0) is 35.9 Å². The second kappa shape index (κ2) is 6.12. The molecule has 0 saturated heterocycles. The summed E-state index contributed by atoms with van der Waals surface area (Å²) in [7, 11) is 0. The third kappa shape index (κ3) is 2.84. The molecule has 0 aliphatic rings. The number of oxazole rings is 1. The molecule has 0 saturated carbocycles. The predicted molar refractivity (Wildman–Crippen MR) is 91.0 cm³/mol. The van der Waals surface area contributed by atoms with Gasteiger partial charge < -0.3 is 9.73 Å². The summed E-state index contributed by atoms with van der Waals surface area (Å²) < 4.78 is 19.8. The van der Waals surface area contributed by atoms with E-state index in [0.717, 1.165) is 11.3 Å². The number of halogens is 1. The molecule has 0 unspecified atom stereocenters. The van der Waals surface area contributed by atoms with Gasteiger partial charge in [0.25, 0.3) is 0 Å². The first-order valence-corrected chi connectivity index (χ1v) is 7.59. The molecule has 0 bridgehead atoms. The first-order valence-electron chi connectivity index (χ1n) is 7.59. The highest BCUT2D eigenvalue weighted by Crippen LogP contribution is 2.28. The average Bonchev–Trinajstić information content (AvgIpc) is 3.06. The Kier molecular flexibility index (Phi) is 3.67. The number of rotatable bonds is 4. The topological polar surface area (TPSA) is 51.0 Å². The van der Waals surface area contributed by atoms with Crippen LogP contribution in [0.5, 0.6) is 0 Å². The van der Waals surface area contributed by atoms with Crippen LogP contribution < -0.4 is 5.32 Å². The van der Waals surface area contributed by atoms with Crippen molar-refractivity contribution in [2.45, 2.75) is 6.54 Å². The number of nitrogens with zero attached hydrogens (tertiary/aromatic N) is 2. The zero-order chi connectivity index (χ0) is 16.4. The van der Waals surface area contributed by atoms with E-state index in [-0.39, 0.29) is 11.7 Å². The fourth-order valence-electron chi connectivity index (χ4n) is 2.48. The Labute approximate surface area is 138 Å². The van der Waals surface area contributed by atoms with Gasteiger partial charge in [0.05, 0.1) is 5.56 Å². The van der Waals surface area contributed by atoms with Crippen LogP contribution in [0.2, 0.25) is 0 Å². The van der Waals surface area contributed by atoms with Gasteiger partial charge in [0.1, 0.15) is 5.82 Å². The third-order valence-electron chi connectivity index (χ3n) is 3.70. The average molecular weight is 319 g/mol. The van der Waals surface area contributed by atoms with Crippen LogP contribution in [0.3, 0.4) is 0 Å². The largest absolute Gasteiger partial charge is 0.434 e. The number of hydrogen-bond acceptors (Lipinski definition) is 4. The van der Waals surface area contributed by atoms with E-state index < -0.39 is 0 Å². The SMILES string of the molecule is Fc1ccc(NCc2ccccc2)cc1-c1nc2ncccc2o1. The van der Waals surface area contributed by atoms with Gasteiger partial charge in [-0.3, -0.25) is 0 Å². The van der Waals surface area contributed by atoms with Crippen LogP contribution in [0.1, 0.15) is 5.56 Å². The van der Waals surface area contributed by atoms with Crippen LogP contribution in [0.25, 0.3) is 22.7 Å². The Morgan fingerprint density at radius 2 is 1.88 bits per heavy atom. The molecule has 4 rings (SSSR count). The number of pyridine rings is 1. The Hall–Kier alpha value is -3.21. The molecule has 0 amide bonds. The van der Waals surface area contributed by atoms with Crippen molar-refractivity contribution >= 4 is 16.9 Å². The number of aromatic nitrogens is 2. The molecule has 0 radical (unpaired) electrons. The zero-order valence-corrected chi connectivity index (χ0v) is 12.7.